The molecule has 0 fully saturated rings. The molecule has 0 spiro atoms. The number of halogens is 3. The molecule has 1 amide bonds. The standard InChI is InChI=1S/C19H18F3N3O2/c1-12-6-5-9-17-24-14(11-25(12)17)10-23-18(26)13(2)27-16-8-4-3-7-15(16)19(20,21)22/h3-9,11,13H,10H2,1-2H3,(H,23,26). The topological polar surface area (TPSA) is 55.6 Å². The van der Waals surface area contributed by atoms with Crippen LogP contribution >= 0.6 is 0 Å². The normalized spacial score (nSPS) is 12.8. The fourth-order valence-corrected chi connectivity index (χ4v) is 2.65. The van der Waals surface area contributed by atoms with E-state index in [4.69, 9.17) is 4.74 Å². The van der Waals surface area contributed by atoms with Gasteiger partial charge in [0, 0.05) is 11.9 Å². The number of rotatable bonds is 5. The minimum Gasteiger partial charge on any atom is -0.480 e. The summed E-state index contributed by atoms with van der Waals surface area (Å²) in [6.45, 7) is 3.48. The van der Waals surface area contributed by atoms with Gasteiger partial charge in [-0.1, -0.05) is 18.2 Å². The summed E-state index contributed by atoms with van der Waals surface area (Å²) < 4.78 is 46.2. The van der Waals surface area contributed by atoms with Gasteiger partial charge in [0.2, 0.25) is 0 Å². The molecule has 5 nitrogen and oxygen atoms in total. The summed E-state index contributed by atoms with van der Waals surface area (Å²) >= 11 is 0. The number of pyridine rings is 1. The predicted molar refractivity (Wildman–Crippen MR) is 93.3 cm³/mol. The number of carbonyl (C=O) groups excluding carboxylic acids is 1. The van der Waals surface area contributed by atoms with E-state index < -0.39 is 23.8 Å². The zero-order valence-corrected chi connectivity index (χ0v) is 14.7. The van der Waals surface area contributed by atoms with E-state index in [1.165, 1.54) is 25.1 Å². The molecule has 0 aliphatic heterocycles. The number of fused-ring (bicyclic) bond motifs is 1. The van der Waals surface area contributed by atoms with Crippen LogP contribution in [0, 0.1) is 6.92 Å². The summed E-state index contributed by atoms with van der Waals surface area (Å²) in [6.07, 6.45) is -3.84. The number of nitrogens with one attached hydrogen (secondary N) is 1. The van der Waals surface area contributed by atoms with E-state index in [-0.39, 0.29) is 12.3 Å². The molecular weight excluding hydrogens is 359 g/mol. The number of benzene rings is 1. The van der Waals surface area contributed by atoms with Crippen LogP contribution in [0.25, 0.3) is 5.65 Å². The van der Waals surface area contributed by atoms with E-state index in [9.17, 15) is 18.0 Å². The van der Waals surface area contributed by atoms with Crippen LogP contribution in [0.5, 0.6) is 5.75 Å². The van der Waals surface area contributed by atoms with Crippen molar-refractivity contribution in [3.8, 4) is 5.75 Å². The molecule has 2 aromatic heterocycles. The van der Waals surface area contributed by atoms with Gasteiger partial charge in [-0.25, -0.2) is 4.98 Å². The van der Waals surface area contributed by atoms with Crippen molar-refractivity contribution in [1.29, 1.82) is 0 Å². The van der Waals surface area contributed by atoms with Crippen molar-refractivity contribution in [2.24, 2.45) is 0 Å². The smallest absolute Gasteiger partial charge is 0.419 e. The van der Waals surface area contributed by atoms with E-state index in [2.05, 4.69) is 10.3 Å². The zero-order chi connectivity index (χ0) is 19.6. The fraction of sp³-hybridized carbons (Fsp3) is 0.263. The third-order valence-electron chi connectivity index (χ3n) is 4.05. The van der Waals surface area contributed by atoms with Gasteiger partial charge >= 0.3 is 6.18 Å². The minimum atomic E-state index is -4.55. The van der Waals surface area contributed by atoms with Crippen LogP contribution in [-0.4, -0.2) is 21.4 Å². The number of aromatic nitrogens is 2. The predicted octanol–water partition coefficient (Wildman–Crippen LogP) is 3.75. The number of ether oxygens (including phenoxy) is 1. The molecule has 0 aliphatic rings. The van der Waals surface area contributed by atoms with Gasteiger partial charge in [-0.3, -0.25) is 4.79 Å². The van der Waals surface area contributed by atoms with Crippen LogP contribution in [0.2, 0.25) is 0 Å². The Bertz CT molecular complexity index is 966. The van der Waals surface area contributed by atoms with Crippen LogP contribution in [-0.2, 0) is 17.5 Å². The Hall–Kier alpha value is -3.03. The molecule has 2 heterocycles. The first-order valence-electron chi connectivity index (χ1n) is 8.30. The molecule has 1 N–H and O–H groups in total. The molecule has 0 radical (unpaired) electrons. The Morgan fingerprint density at radius 3 is 2.67 bits per heavy atom. The maximum atomic E-state index is 13.0. The highest BCUT2D eigenvalue weighted by Gasteiger charge is 2.34. The SMILES string of the molecule is Cc1cccc2nc(CNC(=O)C(C)Oc3ccccc3C(F)(F)F)cn12. The van der Waals surface area contributed by atoms with Crippen molar-refractivity contribution < 1.29 is 22.7 Å². The van der Waals surface area contributed by atoms with Gasteiger partial charge in [0.05, 0.1) is 17.8 Å². The van der Waals surface area contributed by atoms with E-state index >= 15 is 0 Å². The Kier molecular flexibility index (Phi) is 5.07. The minimum absolute atomic E-state index is 0.147. The zero-order valence-electron chi connectivity index (χ0n) is 14.7. The fourth-order valence-electron chi connectivity index (χ4n) is 2.65. The lowest BCUT2D eigenvalue weighted by Crippen LogP contribution is -2.36. The van der Waals surface area contributed by atoms with Crippen molar-refractivity contribution in [3.63, 3.8) is 0 Å². The van der Waals surface area contributed by atoms with Crippen molar-refractivity contribution >= 4 is 11.6 Å². The van der Waals surface area contributed by atoms with Gasteiger partial charge in [0.1, 0.15) is 11.4 Å². The molecule has 1 aromatic carbocycles. The van der Waals surface area contributed by atoms with E-state index in [0.29, 0.717) is 5.69 Å². The number of amides is 1. The van der Waals surface area contributed by atoms with E-state index in [1.54, 1.807) is 6.20 Å². The molecule has 0 bridgehead atoms. The average molecular weight is 377 g/mol. The first kappa shape index (κ1) is 18.8. The lowest BCUT2D eigenvalue weighted by Gasteiger charge is -2.18. The second-order valence-electron chi connectivity index (χ2n) is 6.10. The van der Waals surface area contributed by atoms with Crippen LogP contribution in [0.15, 0.2) is 48.7 Å². The number of nitrogens with zero attached hydrogens (tertiary/aromatic N) is 2. The summed E-state index contributed by atoms with van der Waals surface area (Å²) in [5, 5.41) is 2.64. The summed E-state index contributed by atoms with van der Waals surface area (Å²) in [4.78, 5) is 16.6. The molecule has 8 heteroatoms. The number of carbonyl (C=O) groups is 1. The summed E-state index contributed by atoms with van der Waals surface area (Å²) in [5.41, 5.74) is 1.47. The maximum absolute atomic E-state index is 13.0. The second-order valence-corrected chi connectivity index (χ2v) is 6.10. The highest BCUT2D eigenvalue weighted by atomic mass is 19.4. The number of aryl methyl sites for hydroxylation is 1. The van der Waals surface area contributed by atoms with Crippen LogP contribution in [0.4, 0.5) is 13.2 Å². The molecule has 142 valence electrons. The summed E-state index contributed by atoms with van der Waals surface area (Å²) in [7, 11) is 0. The number of hydrogen-bond donors (Lipinski definition) is 1. The van der Waals surface area contributed by atoms with Crippen LogP contribution in [0.1, 0.15) is 23.9 Å². The van der Waals surface area contributed by atoms with Gasteiger partial charge in [-0.2, -0.15) is 13.2 Å². The number of imidazole rings is 1. The van der Waals surface area contributed by atoms with E-state index in [1.807, 2.05) is 29.5 Å². The molecule has 1 atom stereocenters. The molecule has 3 aromatic rings. The third kappa shape index (κ3) is 4.21. The molecule has 0 saturated carbocycles. The molecule has 0 aliphatic carbocycles. The Balaban J connectivity index is 1.65. The van der Waals surface area contributed by atoms with E-state index in [0.717, 1.165) is 17.4 Å². The molecule has 27 heavy (non-hydrogen) atoms. The van der Waals surface area contributed by atoms with Crippen molar-refractivity contribution in [3.05, 3.63) is 65.6 Å². The molecular formula is C19H18F3N3O2. The van der Waals surface area contributed by atoms with Gasteiger partial charge in [-0.05, 0) is 38.1 Å². The van der Waals surface area contributed by atoms with Crippen LogP contribution in [0.3, 0.4) is 0 Å². The highest BCUT2D eigenvalue weighted by molar-refractivity contribution is 5.80. The number of hydrogen-bond acceptors (Lipinski definition) is 3. The first-order valence-corrected chi connectivity index (χ1v) is 8.30. The third-order valence-corrected chi connectivity index (χ3v) is 4.05. The summed E-state index contributed by atoms with van der Waals surface area (Å²) in [6, 6.07) is 10.5. The molecule has 3 rings (SSSR count). The largest absolute Gasteiger partial charge is 0.480 e. The lowest BCUT2D eigenvalue weighted by atomic mass is 10.2. The van der Waals surface area contributed by atoms with Gasteiger partial charge < -0.3 is 14.5 Å². The Labute approximate surface area is 153 Å². The van der Waals surface area contributed by atoms with Crippen molar-refractivity contribution in [2.75, 3.05) is 0 Å². The van der Waals surface area contributed by atoms with Gasteiger partial charge in [0.25, 0.3) is 5.91 Å². The Morgan fingerprint density at radius 1 is 1.22 bits per heavy atom. The van der Waals surface area contributed by atoms with Crippen molar-refractivity contribution in [1.82, 2.24) is 14.7 Å². The van der Waals surface area contributed by atoms with Crippen LogP contribution < -0.4 is 10.1 Å². The maximum Gasteiger partial charge on any atom is 0.419 e. The summed E-state index contributed by atoms with van der Waals surface area (Å²) in [5.74, 6) is -0.906. The number of alkyl halides is 3. The first-order chi connectivity index (χ1) is 12.8. The molecule has 1 unspecified atom stereocenters. The monoisotopic (exact) mass is 377 g/mol. The van der Waals surface area contributed by atoms with Gasteiger partial charge in [-0.15, -0.1) is 0 Å². The van der Waals surface area contributed by atoms with Gasteiger partial charge in [0.15, 0.2) is 6.10 Å². The molecule has 0 saturated heterocycles. The second kappa shape index (κ2) is 7.30. The highest BCUT2D eigenvalue weighted by Crippen LogP contribution is 2.36. The average Bonchev–Trinajstić information content (AvgIpc) is 3.03. The lowest BCUT2D eigenvalue weighted by molar-refractivity contribution is -0.140. The quantitative estimate of drug-likeness (QED) is 0.737. The van der Waals surface area contributed by atoms with Crippen molar-refractivity contribution in [2.45, 2.75) is 32.7 Å². The Morgan fingerprint density at radius 2 is 1.96 bits per heavy atom. The number of para-hydroxylation sites is 1.